The number of hydrogen-bond donors (Lipinski definition) is 2. The van der Waals surface area contributed by atoms with Crippen molar-refractivity contribution in [3.8, 4) is 5.75 Å². The van der Waals surface area contributed by atoms with Gasteiger partial charge in [0.05, 0.1) is 5.02 Å². The normalized spacial score (nSPS) is 12.1. The molecule has 0 amide bonds. The molecule has 1 atom stereocenters. The maximum absolute atomic E-state index is 9.92. The molecule has 1 unspecified atom stereocenters. The number of nitrogens with one attached hydrogen (secondary N) is 1. The monoisotopic (exact) mass is 305 g/mol. The van der Waals surface area contributed by atoms with E-state index in [1.807, 2.05) is 24.3 Å². The van der Waals surface area contributed by atoms with Crippen molar-refractivity contribution in [1.82, 2.24) is 5.32 Å². The van der Waals surface area contributed by atoms with Gasteiger partial charge in [0.2, 0.25) is 0 Å². The molecule has 0 fully saturated rings. The maximum atomic E-state index is 9.92. The van der Waals surface area contributed by atoms with E-state index in [-0.39, 0.29) is 6.61 Å². The van der Waals surface area contributed by atoms with Crippen LogP contribution in [0.2, 0.25) is 5.02 Å². The molecular weight excluding hydrogens is 286 g/mol. The van der Waals surface area contributed by atoms with Gasteiger partial charge in [0.15, 0.2) is 0 Å². The molecule has 0 saturated carbocycles. The first kappa shape index (κ1) is 15.8. The fourth-order valence-electron chi connectivity index (χ4n) is 1.99. The van der Waals surface area contributed by atoms with Crippen molar-refractivity contribution in [3.05, 3.63) is 64.7 Å². The summed E-state index contributed by atoms with van der Waals surface area (Å²) in [5.74, 6) is 0.595. The highest BCUT2D eigenvalue weighted by Gasteiger charge is 2.07. The Balaban J connectivity index is 1.72. The van der Waals surface area contributed by atoms with Gasteiger partial charge in [-0.3, -0.25) is 0 Å². The average Bonchev–Trinajstić information content (AvgIpc) is 2.48. The first-order valence-electron chi connectivity index (χ1n) is 6.97. The summed E-state index contributed by atoms with van der Waals surface area (Å²) in [4.78, 5) is 0. The third kappa shape index (κ3) is 5.05. The lowest BCUT2D eigenvalue weighted by Crippen LogP contribution is -2.31. The van der Waals surface area contributed by atoms with E-state index in [0.717, 1.165) is 6.54 Å². The molecule has 0 saturated heterocycles. The number of para-hydroxylation sites is 1. The van der Waals surface area contributed by atoms with Gasteiger partial charge >= 0.3 is 0 Å². The van der Waals surface area contributed by atoms with Gasteiger partial charge < -0.3 is 15.2 Å². The molecule has 0 radical (unpaired) electrons. The van der Waals surface area contributed by atoms with Gasteiger partial charge in [-0.05, 0) is 30.2 Å². The van der Waals surface area contributed by atoms with Crippen LogP contribution in [0.25, 0.3) is 0 Å². The number of benzene rings is 2. The Labute approximate surface area is 130 Å². The summed E-state index contributed by atoms with van der Waals surface area (Å²) in [7, 11) is 0. The van der Waals surface area contributed by atoms with E-state index < -0.39 is 6.10 Å². The molecule has 112 valence electrons. The third-order valence-electron chi connectivity index (χ3n) is 3.22. The summed E-state index contributed by atoms with van der Waals surface area (Å²) >= 11 is 5.99. The Morgan fingerprint density at radius 1 is 1.14 bits per heavy atom. The van der Waals surface area contributed by atoms with Crippen molar-refractivity contribution in [2.75, 3.05) is 13.2 Å². The molecule has 2 rings (SSSR count). The molecule has 2 N–H and O–H groups in total. The molecule has 2 aromatic carbocycles. The SMILES string of the molecule is Cc1ccccc1CNCC(O)COc1ccccc1Cl. The molecule has 3 nitrogen and oxygen atoms in total. The highest BCUT2D eigenvalue weighted by Crippen LogP contribution is 2.23. The Morgan fingerprint density at radius 3 is 2.62 bits per heavy atom. The number of halogens is 1. The second kappa shape index (κ2) is 8.03. The molecule has 0 bridgehead atoms. The zero-order chi connectivity index (χ0) is 15.1. The lowest BCUT2D eigenvalue weighted by atomic mass is 10.1. The van der Waals surface area contributed by atoms with Crippen molar-refractivity contribution in [2.24, 2.45) is 0 Å². The summed E-state index contributed by atoms with van der Waals surface area (Å²) in [5.41, 5.74) is 2.48. The van der Waals surface area contributed by atoms with E-state index in [2.05, 4.69) is 24.4 Å². The third-order valence-corrected chi connectivity index (χ3v) is 3.54. The number of hydrogen-bond acceptors (Lipinski definition) is 3. The molecule has 2 aromatic rings. The van der Waals surface area contributed by atoms with Gasteiger partial charge in [-0.15, -0.1) is 0 Å². The minimum absolute atomic E-state index is 0.213. The van der Waals surface area contributed by atoms with Gasteiger partial charge in [0.1, 0.15) is 18.5 Å². The van der Waals surface area contributed by atoms with Crippen LogP contribution in [0.4, 0.5) is 0 Å². The highest BCUT2D eigenvalue weighted by molar-refractivity contribution is 6.32. The molecule has 21 heavy (non-hydrogen) atoms. The smallest absolute Gasteiger partial charge is 0.138 e. The predicted molar refractivity (Wildman–Crippen MR) is 85.8 cm³/mol. The van der Waals surface area contributed by atoms with E-state index in [9.17, 15) is 5.11 Å². The van der Waals surface area contributed by atoms with E-state index in [1.54, 1.807) is 12.1 Å². The summed E-state index contributed by atoms with van der Waals surface area (Å²) in [6.07, 6.45) is -0.578. The molecule has 0 aliphatic rings. The Kier molecular flexibility index (Phi) is 6.05. The van der Waals surface area contributed by atoms with Gasteiger partial charge in [0, 0.05) is 13.1 Å². The molecule has 0 spiro atoms. The van der Waals surface area contributed by atoms with Crippen LogP contribution in [0.5, 0.6) is 5.75 Å². The topological polar surface area (TPSA) is 41.5 Å². The highest BCUT2D eigenvalue weighted by atomic mass is 35.5. The largest absolute Gasteiger partial charge is 0.489 e. The molecule has 0 heterocycles. The number of ether oxygens (including phenoxy) is 1. The second-order valence-corrected chi connectivity index (χ2v) is 5.36. The zero-order valence-corrected chi connectivity index (χ0v) is 12.8. The van der Waals surface area contributed by atoms with Crippen LogP contribution in [-0.4, -0.2) is 24.4 Å². The van der Waals surface area contributed by atoms with Crippen LogP contribution in [0.1, 0.15) is 11.1 Å². The standard InChI is InChI=1S/C17H20ClNO2/c1-13-6-2-3-7-14(13)10-19-11-15(20)12-21-17-9-5-4-8-16(17)18/h2-9,15,19-20H,10-12H2,1H3. The van der Waals surface area contributed by atoms with Crippen molar-refractivity contribution < 1.29 is 9.84 Å². The van der Waals surface area contributed by atoms with Crippen LogP contribution < -0.4 is 10.1 Å². The summed E-state index contributed by atoms with van der Waals surface area (Å²) in [5, 5.41) is 13.7. The van der Waals surface area contributed by atoms with Crippen LogP contribution in [0.3, 0.4) is 0 Å². The number of aliphatic hydroxyl groups is 1. The molecule has 0 aliphatic heterocycles. The Morgan fingerprint density at radius 2 is 1.86 bits per heavy atom. The van der Waals surface area contributed by atoms with E-state index in [0.29, 0.717) is 17.3 Å². The molecule has 4 heteroatoms. The van der Waals surface area contributed by atoms with Crippen LogP contribution in [0.15, 0.2) is 48.5 Å². The summed E-state index contributed by atoms with van der Waals surface area (Å²) in [6, 6.07) is 15.4. The minimum atomic E-state index is -0.578. The predicted octanol–water partition coefficient (Wildman–Crippen LogP) is 3.18. The fourth-order valence-corrected chi connectivity index (χ4v) is 2.18. The molecule has 0 aromatic heterocycles. The van der Waals surface area contributed by atoms with Crippen LogP contribution >= 0.6 is 11.6 Å². The molecule has 0 aliphatic carbocycles. The number of aryl methyl sites for hydroxylation is 1. The zero-order valence-electron chi connectivity index (χ0n) is 12.1. The minimum Gasteiger partial charge on any atom is -0.489 e. The first-order chi connectivity index (χ1) is 10.2. The summed E-state index contributed by atoms with van der Waals surface area (Å²) < 4.78 is 5.50. The quantitative estimate of drug-likeness (QED) is 0.825. The van der Waals surface area contributed by atoms with Crippen molar-refractivity contribution in [3.63, 3.8) is 0 Å². The van der Waals surface area contributed by atoms with Gasteiger partial charge in [-0.1, -0.05) is 48.0 Å². The van der Waals surface area contributed by atoms with Gasteiger partial charge in [-0.25, -0.2) is 0 Å². The van der Waals surface area contributed by atoms with E-state index >= 15 is 0 Å². The van der Waals surface area contributed by atoms with E-state index in [4.69, 9.17) is 16.3 Å². The maximum Gasteiger partial charge on any atom is 0.138 e. The number of aliphatic hydroxyl groups excluding tert-OH is 1. The first-order valence-corrected chi connectivity index (χ1v) is 7.35. The Hall–Kier alpha value is -1.55. The Bertz CT molecular complexity index is 574. The average molecular weight is 306 g/mol. The van der Waals surface area contributed by atoms with Gasteiger partial charge in [-0.2, -0.15) is 0 Å². The fraction of sp³-hybridized carbons (Fsp3) is 0.294. The van der Waals surface area contributed by atoms with Crippen molar-refractivity contribution in [1.29, 1.82) is 0 Å². The summed E-state index contributed by atoms with van der Waals surface area (Å²) in [6.45, 7) is 3.49. The van der Waals surface area contributed by atoms with E-state index in [1.165, 1.54) is 11.1 Å². The van der Waals surface area contributed by atoms with Crippen LogP contribution in [-0.2, 0) is 6.54 Å². The van der Waals surface area contributed by atoms with Crippen LogP contribution in [0, 0.1) is 6.92 Å². The lowest BCUT2D eigenvalue weighted by Gasteiger charge is -2.14. The number of rotatable bonds is 7. The lowest BCUT2D eigenvalue weighted by molar-refractivity contribution is 0.106. The second-order valence-electron chi connectivity index (χ2n) is 4.95. The molecular formula is C17H20ClNO2. The van der Waals surface area contributed by atoms with Gasteiger partial charge in [0.25, 0.3) is 0 Å². The van der Waals surface area contributed by atoms with Crippen molar-refractivity contribution >= 4 is 11.6 Å². The van der Waals surface area contributed by atoms with Crippen molar-refractivity contribution in [2.45, 2.75) is 19.6 Å².